The number of para-hydroxylation sites is 1. The number of ether oxygens (including phenoxy) is 1. The minimum absolute atomic E-state index is 0.215. The molecular weight excluding hydrogens is 518 g/mol. The van der Waals surface area contributed by atoms with Crippen LogP contribution in [0.2, 0.25) is 5.02 Å². The van der Waals surface area contributed by atoms with Crippen LogP contribution in [0.3, 0.4) is 0 Å². The molecule has 0 aliphatic carbocycles. The minimum atomic E-state index is -3.60. The molecule has 0 saturated carbocycles. The molecule has 1 saturated heterocycles. The van der Waals surface area contributed by atoms with Gasteiger partial charge in [0.2, 0.25) is 10.0 Å². The second-order valence-corrected chi connectivity index (χ2v) is 11.5. The summed E-state index contributed by atoms with van der Waals surface area (Å²) >= 11 is 7.19. The zero-order valence-electron chi connectivity index (χ0n) is 19.1. The molecule has 0 radical (unpaired) electrons. The van der Waals surface area contributed by atoms with Crippen molar-refractivity contribution in [3.8, 4) is 11.5 Å². The zero-order chi connectivity index (χ0) is 25.1. The summed E-state index contributed by atoms with van der Waals surface area (Å²) in [5, 5.41) is 1.07. The average molecular weight is 540 g/mol. The minimum Gasteiger partial charge on any atom is -0.457 e. The fourth-order valence-corrected chi connectivity index (χ4v) is 6.37. The number of thioether (sulfide) groups is 1. The van der Waals surface area contributed by atoms with Crippen LogP contribution < -0.4 is 4.74 Å². The van der Waals surface area contributed by atoms with Gasteiger partial charge < -0.3 is 9.64 Å². The summed E-state index contributed by atoms with van der Waals surface area (Å²) < 4.78 is 33.2. The third kappa shape index (κ3) is 5.49. The highest BCUT2D eigenvalue weighted by molar-refractivity contribution is 8.18. The first kappa shape index (κ1) is 24.6. The van der Waals surface area contributed by atoms with Gasteiger partial charge in [-0.25, -0.2) is 8.42 Å². The molecule has 0 atom stereocenters. The van der Waals surface area contributed by atoms with E-state index in [2.05, 4.69) is 4.99 Å². The van der Waals surface area contributed by atoms with E-state index in [0.29, 0.717) is 47.0 Å². The topological polar surface area (TPSA) is 79.3 Å². The highest BCUT2D eigenvalue weighted by Crippen LogP contribution is 2.32. The van der Waals surface area contributed by atoms with Gasteiger partial charge in [-0.3, -0.25) is 4.79 Å². The number of piperazine rings is 1. The molecule has 0 bridgehead atoms. The molecule has 184 valence electrons. The summed E-state index contributed by atoms with van der Waals surface area (Å²) in [5.74, 6) is 1.10. The molecule has 3 aromatic carbocycles. The lowest BCUT2D eigenvalue weighted by atomic mass is 10.2. The number of sulfonamides is 1. The van der Waals surface area contributed by atoms with Gasteiger partial charge in [-0.05, 0) is 71.9 Å². The molecule has 0 spiro atoms. The van der Waals surface area contributed by atoms with Gasteiger partial charge in [0, 0.05) is 31.2 Å². The maximum absolute atomic E-state index is 12.9. The predicted octanol–water partition coefficient (Wildman–Crippen LogP) is 5.11. The Kier molecular flexibility index (Phi) is 7.15. The molecule has 1 fully saturated rings. The molecule has 1 amide bonds. The van der Waals surface area contributed by atoms with Crippen molar-refractivity contribution in [2.75, 3.05) is 26.2 Å². The van der Waals surface area contributed by atoms with Crippen molar-refractivity contribution in [2.24, 2.45) is 4.99 Å². The molecule has 2 aliphatic rings. The van der Waals surface area contributed by atoms with Crippen molar-refractivity contribution >= 4 is 50.5 Å². The first-order chi connectivity index (χ1) is 17.4. The van der Waals surface area contributed by atoms with Crippen molar-refractivity contribution in [2.45, 2.75) is 4.90 Å². The maximum Gasteiger partial charge on any atom is 0.286 e. The lowest BCUT2D eigenvalue weighted by Crippen LogP contribution is -2.49. The van der Waals surface area contributed by atoms with Crippen LogP contribution in [0, 0.1) is 0 Å². The fraction of sp³-hybridized carbons (Fsp3) is 0.154. The molecule has 0 aromatic heterocycles. The Labute approximate surface area is 219 Å². The van der Waals surface area contributed by atoms with Crippen LogP contribution in [0.15, 0.2) is 93.7 Å². The molecule has 2 aliphatic heterocycles. The summed E-state index contributed by atoms with van der Waals surface area (Å²) in [7, 11) is -3.60. The standard InChI is InChI=1S/C26H22ClN3O4S2/c27-20-9-11-23(12-10-20)36(32,33)30-15-13-29(14-16-30)26-28-25(31)24(35-26)18-19-5-4-8-22(17-19)34-21-6-2-1-3-7-21/h1-12,17-18H,13-16H2. The van der Waals surface area contributed by atoms with Crippen LogP contribution in [0.5, 0.6) is 11.5 Å². The van der Waals surface area contributed by atoms with Crippen LogP contribution in [-0.2, 0) is 14.8 Å². The summed E-state index contributed by atoms with van der Waals surface area (Å²) in [6.07, 6.45) is 1.79. The van der Waals surface area contributed by atoms with E-state index in [-0.39, 0.29) is 10.8 Å². The van der Waals surface area contributed by atoms with Gasteiger partial charge in [-0.15, -0.1) is 0 Å². The van der Waals surface area contributed by atoms with Crippen LogP contribution in [0.1, 0.15) is 5.56 Å². The average Bonchev–Trinajstić information content (AvgIpc) is 3.25. The normalized spacial score (nSPS) is 17.9. The summed E-state index contributed by atoms with van der Waals surface area (Å²) in [6, 6.07) is 23.1. The largest absolute Gasteiger partial charge is 0.457 e. The number of carbonyl (C=O) groups is 1. The highest BCUT2D eigenvalue weighted by atomic mass is 35.5. The number of hydrogen-bond donors (Lipinski definition) is 0. The smallest absolute Gasteiger partial charge is 0.286 e. The van der Waals surface area contributed by atoms with E-state index < -0.39 is 10.0 Å². The maximum atomic E-state index is 12.9. The molecular formula is C26H22ClN3O4S2. The number of carbonyl (C=O) groups excluding carboxylic acids is 1. The van der Waals surface area contributed by atoms with Gasteiger partial charge >= 0.3 is 0 Å². The van der Waals surface area contributed by atoms with Crippen molar-refractivity contribution in [3.63, 3.8) is 0 Å². The number of nitrogens with zero attached hydrogens (tertiary/aromatic N) is 3. The SMILES string of the molecule is O=C1N=C(N2CCN(S(=O)(=O)c3ccc(Cl)cc3)CC2)SC1=Cc1cccc(Oc2ccccc2)c1. The molecule has 0 unspecified atom stereocenters. The van der Waals surface area contributed by atoms with Crippen LogP contribution in [0.25, 0.3) is 6.08 Å². The lowest BCUT2D eigenvalue weighted by molar-refractivity contribution is -0.113. The van der Waals surface area contributed by atoms with E-state index in [1.54, 1.807) is 18.2 Å². The van der Waals surface area contributed by atoms with Gasteiger partial charge in [-0.1, -0.05) is 41.9 Å². The van der Waals surface area contributed by atoms with Gasteiger partial charge in [0.1, 0.15) is 11.5 Å². The fourth-order valence-electron chi connectivity index (χ4n) is 3.85. The van der Waals surface area contributed by atoms with E-state index in [9.17, 15) is 13.2 Å². The number of benzene rings is 3. The Hall–Kier alpha value is -3.11. The van der Waals surface area contributed by atoms with Crippen molar-refractivity contribution < 1.29 is 17.9 Å². The van der Waals surface area contributed by atoms with Crippen LogP contribution in [-0.4, -0.2) is 54.9 Å². The monoisotopic (exact) mass is 539 g/mol. The Bertz CT molecular complexity index is 1430. The van der Waals surface area contributed by atoms with E-state index in [1.807, 2.05) is 59.5 Å². The third-order valence-corrected chi connectivity index (χ3v) is 8.91. The van der Waals surface area contributed by atoms with Crippen molar-refractivity contribution in [1.82, 2.24) is 9.21 Å². The Morgan fingerprint density at radius 3 is 2.31 bits per heavy atom. The number of hydrogen-bond acceptors (Lipinski definition) is 6. The van der Waals surface area contributed by atoms with E-state index >= 15 is 0 Å². The molecule has 2 heterocycles. The molecule has 7 nitrogen and oxygen atoms in total. The van der Waals surface area contributed by atoms with Crippen LogP contribution in [0.4, 0.5) is 0 Å². The molecule has 5 rings (SSSR count). The second kappa shape index (κ2) is 10.5. The number of amidine groups is 1. The number of amides is 1. The molecule has 0 N–H and O–H groups in total. The first-order valence-corrected chi connectivity index (χ1v) is 13.9. The number of rotatable bonds is 5. The second-order valence-electron chi connectivity index (χ2n) is 8.14. The van der Waals surface area contributed by atoms with Gasteiger partial charge in [0.05, 0.1) is 9.80 Å². The Morgan fingerprint density at radius 1 is 0.889 bits per heavy atom. The third-order valence-electron chi connectivity index (χ3n) is 5.70. The van der Waals surface area contributed by atoms with E-state index in [1.165, 1.54) is 28.2 Å². The van der Waals surface area contributed by atoms with Crippen LogP contribution >= 0.6 is 23.4 Å². The van der Waals surface area contributed by atoms with E-state index in [4.69, 9.17) is 16.3 Å². The summed E-state index contributed by atoms with van der Waals surface area (Å²) in [5.41, 5.74) is 0.828. The number of aliphatic imine (C=N–C) groups is 1. The van der Waals surface area contributed by atoms with Gasteiger partial charge in [0.25, 0.3) is 5.91 Å². The van der Waals surface area contributed by atoms with E-state index in [0.717, 1.165) is 11.3 Å². The predicted molar refractivity (Wildman–Crippen MR) is 143 cm³/mol. The zero-order valence-corrected chi connectivity index (χ0v) is 21.5. The lowest BCUT2D eigenvalue weighted by Gasteiger charge is -2.34. The van der Waals surface area contributed by atoms with Gasteiger partial charge in [-0.2, -0.15) is 9.30 Å². The first-order valence-electron chi connectivity index (χ1n) is 11.2. The summed E-state index contributed by atoms with van der Waals surface area (Å²) in [6.45, 7) is 1.49. The van der Waals surface area contributed by atoms with Crippen molar-refractivity contribution in [1.29, 1.82) is 0 Å². The Morgan fingerprint density at radius 2 is 1.58 bits per heavy atom. The highest BCUT2D eigenvalue weighted by Gasteiger charge is 2.32. The Balaban J connectivity index is 1.22. The molecule has 36 heavy (non-hydrogen) atoms. The number of halogens is 1. The quantitative estimate of drug-likeness (QED) is 0.419. The molecule has 10 heteroatoms. The summed E-state index contributed by atoms with van der Waals surface area (Å²) in [4.78, 5) is 19.5. The van der Waals surface area contributed by atoms with Gasteiger partial charge in [0.15, 0.2) is 5.17 Å². The van der Waals surface area contributed by atoms with Crippen molar-refractivity contribution in [3.05, 3.63) is 94.4 Å². The molecule has 3 aromatic rings.